The van der Waals surface area contributed by atoms with Crippen molar-refractivity contribution in [3.63, 3.8) is 0 Å². The van der Waals surface area contributed by atoms with Crippen molar-refractivity contribution in [3.8, 4) is 5.75 Å². The molecule has 2 rings (SSSR count). The summed E-state index contributed by atoms with van der Waals surface area (Å²) in [5.74, 6) is -0.428. The third kappa shape index (κ3) is 23.2. The first-order valence-electron chi connectivity index (χ1n) is 11.0. The van der Waals surface area contributed by atoms with Crippen molar-refractivity contribution in [2.24, 2.45) is 0 Å². The molecule has 20 heteroatoms. The van der Waals surface area contributed by atoms with E-state index >= 15 is 0 Å². The second-order valence-corrected chi connectivity index (χ2v) is 10.8. The van der Waals surface area contributed by atoms with Crippen LogP contribution in [0.4, 0.5) is 0 Å². The predicted octanol–water partition coefficient (Wildman–Crippen LogP) is 3.92. The van der Waals surface area contributed by atoms with Gasteiger partial charge < -0.3 is 19.1 Å². The zero-order valence-corrected chi connectivity index (χ0v) is 43.1. The van der Waals surface area contributed by atoms with Gasteiger partial charge in [0.25, 0.3) is 0 Å². The Bertz CT molecular complexity index is 1080. The van der Waals surface area contributed by atoms with Gasteiger partial charge in [-0.2, -0.15) is 4.98 Å². The number of hydrogen-bond donors (Lipinski definition) is 2. The second-order valence-electron chi connectivity index (χ2n) is 7.11. The molecule has 2 aromatic rings. The molecule has 238 valence electrons. The van der Waals surface area contributed by atoms with E-state index in [-0.39, 0.29) is 255 Å². The normalized spacial score (nSPS) is 12.9. The Labute approximate surface area is 459 Å². The number of nitrogens with zero attached hydrogens (tertiary/aromatic N) is 2. The van der Waals surface area contributed by atoms with Crippen LogP contribution in [0.15, 0.2) is 46.2 Å². The number of ether oxygens (including phenoxy) is 2. The van der Waals surface area contributed by atoms with Crippen LogP contribution < -0.4 is 15.3 Å². The molecule has 0 aliphatic heterocycles. The number of aromatic nitrogens is 2. The molecule has 0 radical (unpaired) electrons. The summed E-state index contributed by atoms with van der Waals surface area (Å²) in [7, 11) is -0.0550. The van der Waals surface area contributed by atoms with Gasteiger partial charge in [-0.3, -0.25) is 13.9 Å². The standard InChI is InChI=1S/C20H27IN3O8PS.C2H6.6Sm/c1-13-9-10-24(20(27)23-13)14(2)19(26)17(29-3)12-31-33(28,22-11-18(25)30-4)32-15-5-7-16(34-21)8-6-15;1-2;;;;;;/h5-10,14,17,19,26H,11-12H2,1-4H3,(H,22,28);1-2H3;;;;;;/t14?,17?,19-,33?;;;;;;;/m0......./s1. The fourth-order valence-corrected chi connectivity index (χ4v) is 5.18. The van der Waals surface area contributed by atoms with Crippen molar-refractivity contribution in [1.82, 2.24) is 14.6 Å². The molecule has 0 saturated carbocycles. The van der Waals surface area contributed by atoms with Gasteiger partial charge in [0, 0.05) is 287 Å². The molecular weight excluding hydrogens is 1530 g/mol. The van der Waals surface area contributed by atoms with E-state index in [2.05, 4.69) is 36.0 Å². The fraction of sp³-hybridized carbons (Fsp3) is 0.500. The van der Waals surface area contributed by atoms with Crippen LogP contribution in [0.5, 0.6) is 5.75 Å². The first-order valence-corrected chi connectivity index (χ1v) is 15.9. The summed E-state index contributed by atoms with van der Waals surface area (Å²) in [5, 5.41) is 13.3. The second kappa shape index (κ2) is 34.6. The van der Waals surface area contributed by atoms with E-state index in [1.807, 2.05) is 13.8 Å². The molecule has 1 heterocycles. The van der Waals surface area contributed by atoms with Crippen molar-refractivity contribution in [2.45, 2.75) is 50.8 Å². The number of benzene rings is 1. The Morgan fingerprint density at radius 1 is 1.10 bits per heavy atom. The first kappa shape index (κ1) is 60.6. The van der Waals surface area contributed by atoms with E-state index in [4.69, 9.17) is 13.8 Å². The SMILES string of the molecule is CC.COC(=O)CNP(=O)(OCC(OC)[C@@H](O)C(C)n1ccc(C)nc1=O)Oc1ccc(SI)cc1.[Sm].[Sm].[Sm].[Sm].[Sm].[Sm]. The topological polar surface area (TPSA) is 138 Å². The number of aliphatic hydroxyl groups excluding tert-OH is 1. The van der Waals surface area contributed by atoms with Crippen molar-refractivity contribution >= 4 is 43.9 Å². The molecule has 0 amide bonds. The van der Waals surface area contributed by atoms with Crippen molar-refractivity contribution < 1.29 is 275 Å². The van der Waals surface area contributed by atoms with Gasteiger partial charge in [-0.05, 0) is 44.2 Å². The summed E-state index contributed by atoms with van der Waals surface area (Å²) in [6, 6.07) is 7.68. The van der Waals surface area contributed by atoms with E-state index in [9.17, 15) is 19.3 Å². The predicted molar refractivity (Wildman–Crippen MR) is 147 cm³/mol. The van der Waals surface area contributed by atoms with Gasteiger partial charge in [0.05, 0.1) is 19.8 Å². The summed E-state index contributed by atoms with van der Waals surface area (Å²) in [6.07, 6.45) is -0.686. The Morgan fingerprint density at radius 2 is 1.64 bits per heavy atom. The van der Waals surface area contributed by atoms with E-state index in [1.54, 1.807) is 44.2 Å². The third-order valence-corrected chi connectivity index (χ3v) is 8.24. The number of carbonyl (C=O) groups excluding carboxylic acids is 1. The van der Waals surface area contributed by atoms with Gasteiger partial charge in [-0.15, -0.1) is 0 Å². The van der Waals surface area contributed by atoms with E-state index in [1.165, 1.54) is 33.9 Å². The van der Waals surface area contributed by atoms with Gasteiger partial charge >= 0.3 is 19.4 Å². The summed E-state index contributed by atoms with van der Waals surface area (Å²) >= 11 is 2.13. The molecule has 3 unspecified atom stereocenters. The molecule has 0 aliphatic rings. The summed E-state index contributed by atoms with van der Waals surface area (Å²) in [4.78, 5) is 28.6. The minimum Gasteiger partial charge on any atom is -0.468 e. The summed E-state index contributed by atoms with van der Waals surface area (Å²) in [5.41, 5.74) is 0.0265. The van der Waals surface area contributed by atoms with Crippen LogP contribution in [0.25, 0.3) is 0 Å². The van der Waals surface area contributed by atoms with Crippen molar-refractivity contribution in [2.75, 3.05) is 27.4 Å². The van der Waals surface area contributed by atoms with Crippen LogP contribution in [-0.2, 0) is 23.4 Å². The number of nitrogens with one attached hydrogen (secondary N) is 1. The number of hydrogen-bond acceptors (Lipinski definition) is 10. The smallest absolute Gasteiger partial charge is 0.459 e. The molecule has 0 spiro atoms. The molecule has 0 fully saturated rings. The average Bonchev–Trinajstić information content (AvgIpc) is 2.88. The maximum Gasteiger partial charge on any atom is 0.459 e. The van der Waals surface area contributed by atoms with Crippen LogP contribution in [0.2, 0.25) is 0 Å². The van der Waals surface area contributed by atoms with Crippen molar-refractivity contribution in [1.29, 1.82) is 0 Å². The van der Waals surface area contributed by atoms with Crippen LogP contribution in [-0.4, -0.2) is 60.2 Å². The van der Waals surface area contributed by atoms with Crippen LogP contribution in [0, 0.1) is 249 Å². The zero-order chi connectivity index (χ0) is 27.3. The molecular formula is C22H33IN3O8PSSm6. The Kier molecular flexibility index (Phi) is 50.0. The fourth-order valence-electron chi connectivity index (χ4n) is 2.79. The van der Waals surface area contributed by atoms with Gasteiger partial charge in [-0.25, -0.2) is 14.4 Å². The number of halogens is 1. The molecule has 1 aromatic heterocycles. The molecule has 42 heavy (non-hydrogen) atoms. The number of aryl methyl sites for hydroxylation is 1. The molecule has 2 N–H and O–H groups in total. The maximum absolute atomic E-state index is 13.4. The third-order valence-electron chi connectivity index (χ3n) is 4.78. The van der Waals surface area contributed by atoms with E-state index in [0.717, 1.165) is 4.90 Å². The van der Waals surface area contributed by atoms with Crippen molar-refractivity contribution in [3.05, 3.63) is 52.7 Å². The van der Waals surface area contributed by atoms with E-state index in [0.29, 0.717) is 5.69 Å². The number of carbonyl (C=O) groups is 1. The molecule has 1 aromatic carbocycles. The van der Waals surface area contributed by atoms with Gasteiger partial charge in [0.2, 0.25) is 0 Å². The minimum atomic E-state index is -4.09. The average molecular weight is 1560 g/mol. The molecule has 0 saturated heterocycles. The van der Waals surface area contributed by atoms with Crippen LogP contribution >= 0.6 is 37.9 Å². The Hall–Kier alpha value is 6.55. The van der Waals surface area contributed by atoms with Gasteiger partial charge in [0.15, 0.2) is 0 Å². The minimum absolute atomic E-state index is 0. The van der Waals surface area contributed by atoms with Crippen LogP contribution in [0.1, 0.15) is 32.5 Å². The molecule has 11 nitrogen and oxygen atoms in total. The quantitative estimate of drug-likeness (QED) is 0.172. The number of aliphatic hydroxyl groups is 1. The summed E-state index contributed by atoms with van der Waals surface area (Å²) in [6.45, 7) is 6.50. The zero-order valence-electron chi connectivity index (χ0n) is 23.5. The Balaban J connectivity index is -0.000000396. The molecule has 0 bridgehead atoms. The largest absolute Gasteiger partial charge is 0.468 e. The number of esters is 1. The molecule has 4 atom stereocenters. The van der Waals surface area contributed by atoms with Gasteiger partial charge in [-0.1, -0.05) is 22.8 Å². The van der Waals surface area contributed by atoms with E-state index < -0.39 is 44.2 Å². The van der Waals surface area contributed by atoms with Crippen LogP contribution in [0.3, 0.4) is 0 Å². The first-order chi connectivity index (χ1) is 17.1. The Morgan fingerprint density at radius 3 is 2.10 bits per heavy atom. The molecule has 0 aliphatic carbocycles. The monoisotopic (exact) mass is 1570 g/mol. The summed E-state index contributed by atoms with van der Waals surface area (Å²) < 4.78 is 35.6. The maximum atomic E-state index is 13.4. The number of methoxy groups -OCH3 is 2. The number of rotatable bonds is 13. The van der Waals surface area contributed by atoms with Gasteiger partial charge in [0.1, 0.15) is 24.5 Å².